The van der Waals surface area contributed by atoms with Crippen molar-refractivity contribution >= 4 is 52.7 Å². The molecule has 2 fully saturated rings. The van der Waals surface area contributed by atoms with E-state index in [4.69, 9.17) is 32.7 Å². The van der Waals surface area contributed by atoms with E-state index in [9.17, 15) is 19.2 Å². The highest BCUT2D eigenvalue weighted by molar-refractivity contribution is 6.31. The van der Waals surface area contributed by atoms with Gasteiger partial charge in [0.15, 0.2) is 0 Å². The van der Waals surface area contributed by atoms with Gasteiger partial charge in [-0.05, 0) is 106 Å². The van der Waals surface area contributed by atoms with Crippen molar-refractivity contribution in [1.82, 2.24) is 39.8 Å². The number of nitrogens with one attached hydrogen (secondary N) is 2. The van der Waals surface area contributed by atoms with Gasteiger partial charge in [-0.2, -0.15) is 0 Å². The van der Waals surface area contributed by atoms with E-state index >= 15 is 4.79 Å². The molecule has 1 aliphatic carbocycles. The van der Waals surface area contributed by atoms with Gasteiger partial charge >= 0.3 is 0 Å². The molecule has 1 saturated carbocycles. The first kappa shape index (κ1) is 52.6. The molecule has 0 bridgehead atoms. The average Bonchev–Trinajstić information content (AvgIpc) is 4.07. The van der Waals surface area contributed by atoms with Crippen molar-refractivity contribution in [3.05, 3.63) is 136 Å². The van der Waals surface area contributed by atoms with Crippen molar-refractivity contribution in [2.24, 2.45) is 13.0 Å². The summed E-state index contributed by atoms with van der Waals surface area (Å²) in [5.41, 5.74) is 3.46. The number of benzene rings is 4. The van der Waals surface area contributed by atoms with Crippen molar-refractivity contribution in [2.45, 2.75) is 82.2 Å². The van der Waals surface area contributed by atoms with Gasteiger partial charge in [0.05, 0.1) is 43.0 Å². The first-order valence-corrected chi connectivity index (χ1v) is 24.6. The lowest BCUT2D eigenvalue weighted by atomic mass is 9.93. The smallest absolute Gasteiger partial charge is 0.247 e. The van der Waals surface area contributed by atoms with Crippen LogP contribution >= 0.6 is 23.2 Å². The number of likely N-dealkylation sites (N-methyl/N-ethyl adjacent to an activating group) is 2. The lowest BCUT2D eigenvalue weighted by Gasteiger charge is -2.36. The van der Waals surface area contributed by atoms with Gasteiger partial charge in [0.2, 0.25) is 29.5 Å². The van der Waals surface area contributed by atoms with Gasteiger partial charge < -0.3 is 44.3 Å². The van der Waals surface area contributed by atoms with Crippen molar-refractivity contribution in [3.63, 3.8) is 0 Å². The predicted molar refractivity (Wildman–Crippen MR) is 274 cm³/mol. The molecule has 2 heterocycles. The molecule has 1 spiro atoms. The van der Waals surface area contributed by atoms with E-state index in [1.807, 2.05) is 94.1 Å². The largest absolute Gasteiger partial charge is 0.457 e. The van der Waals surface area contributed by atoms with E-state index in [0.29, 0.717) is 52.9 Å². The molecule has 4 atom stereocenters. The summed E-state index contributed by atoms with van der Waals surface area (Å²) in [6.07, 6.45) is 3.40. The van der Waals surface area contributed by atoms with Crippen LogP contribution < -0.4 is 15.4 Å². The van der Waals surface area contributed by atoms with Crippen LogP contribution in [-0.2, 0) is 61.7 Å². The monoisotopic (exact) mass is 1010 g/mol. The quantitative estimate of drug-likeness (QED) is 0.128. The molecule has 71 heavy (non-hydrogen) atoms. The molecule has 1 aromatic heterocycles. The van der Waals surface area contributed by atoms with Crippen LogP contribution in [0.3, 0.4) is 0 Å². The minimum Gasteiger partial charge on any atom is -0.457 e. The molecule has 5 amide bonds. The van der Waals surface area contributed by atoms with Crippen molar-refractivity contribution in [2.75, 3.05) is 48.5 Å². The molecule has 7 rings (SSSR count). The first-order chi connectivity index (χ1) is 33.9. The van der Waals surface area contributed by atoms with Crippen LogP contribution in [0.15, 0.2) is 103 Å². The fraction of sp³-hybridized carbons (Fsp3) is 0.407. The summed E-state index contributed by atoms with van der Waals surface area (Å²) < 4.78 is 14.1. The SMILES string of the molecule is COC[C@@H]1NC(=O)[C@H](C)N(Cc2ccc(Cl)cc2Oc2ccc(-c3cnc(CN(C)C)n3C)cc2)C(=O)C[C@@H](Cc2ccccc2)C(=O)N(C)C2(CC2)CNC(=O)C[C@H](Cc2ccc(Cl)cc2)N(C)C1=O. The third kappa shape index (κ3) is 13.2. The Kier molecular flexibility index (Phi) is 17.3. The lowest BCUT2D eigenvalue weighted by molar-refractivity contribution is -0.147. The second-order valence-corrected chi connectivity index (χ2v) is 19.9. The Hall–Kier alpha value is -6.26. The van der Waals surface area contributed by atoms with Crippen molar-refractivity contribution in [1.29, 1.82) is 0 Å². The number of aromatic nitrogens is 2. The minimum atomic E-state index is -1.19. The number of hydrogen-bond acceptors (Lipinski definition) is 9. The Morgan fingerprint density at radius 1 is 0.817 bits per heavy atom. The fourth-order valence-corrected chi connectivity index (χ4v) is 9.38. The van der Waals surface area contributed by atoms with Crippen LogP contribution in [-0.4, -0.2) is 131 Å². The van der Waals surface area contributed by atoms with Crippen molar-refractivity contribution < 1.29 is 33.4 Å². The van der Waals surface area contributed by atoms with E-state index < -0.39 is 47.3 Å². The molecule has 1 saturated heterocycles. The van der Waals surface area contributed by atoms with E-state index in [1.54, 1.807) is 56.3 Å². The highest BCUT2D eigenvalue weighted by Gasteiger charge is 2.50. The number of ether oxygens (including phenoxy) is 2. The Morgan fingerprint density at radius 3 is 2.15 bits per heavy atom. The molecular weight excluding hydrogens is 944 g/mol. The van der Waals surface area contributed by atoms with E-state index in [-0.39, 0.29) is 50.8 Å². The number of rotatable bonds is 13. The third-order valence-electron chi connectivity index (χ3n) is 13.7. The second-order valence-electron chi connectivity index (χ2n) is 19.1. The zero-order valence-corrected chi connectivity index (χ0v) is 43.0. The average molecular weight is 1010 g/mol. The molecule has 1 aliphatic heterocycles. The molecule has 2 aliphatic rings. The second kappa shape index (κ2) is 23.3. The third-order valence-corrected chi connectivity index (χ3v) is 14.2. The summed E-state index contributed by atoms with van der Waals surface area (Å²) in [6, 6.07) is 26.3. The Labute approximate surface area is 426 Å². The summed E-state index contributed by atoms with van der Waals surface area (Å²) in [5.74, 6) is -1.19. The number of nitrogens with zero attached hydrogens (tertiary/aromatic N) is 6. The number of imidazole rings is 1. The van der Waals surface area contributed by atoms with E-state index in [1.165, 1.54) is 16.9 Å². The highest BCUT2D eigenvalue weighted by Crippen LogP contribution is 2.42. The lowest BCUT2D eigenvalue weighted by Crippen LogP contribution is -2.57. The van der Waals surface area contributed by atoms with Gasteiger partial charge in [0, 0.05) is 74.9 Å². The van der Waals surface area contributed by atoms with Crippen molar-refractivity contribution in [3.8, 4) is 22.8 Å². The molecule has 5 aromatic rings. The Bertz CT molecular complexity index is 2680. The number of methoxy groups -OCH3 is 1. The summed E-state index contributed by atoms with van der Waals surface area (Å²) in [6.45, 7) is 2.16. The Morgan fingerprint density at radius 2 is 1.49 bits per heavy atom. The maximum absolute atomic E-state index is 15.1. The molecule has 376 valence electrons. The van der Waals surface area contributed by atoms with Crippen LogP contribution in [0.2, 0.25) is 10.0 Å². The van der Waals surface area contributed by atoms with Crippen LogP contribution in [0.4, 0.5) is 0 Å². The minimum absolute atomic E-state index is 0.0561. The molecule has 0 radical (unpaired) electrons. The Balaban J connectivity index is 1.23. The van der Waals surface area contributed by atoms with Gasteiger partial charge in [-0.3, -0.25) is 24.0 Å². The summed E-state index contributed by atoms with van der Waals surface area (Å²) in [7, 11) is 10.7. The van der Waals surface area contributed by atoms with Gasteiger partial charge in [0.25, 0.3) is 0 Å². The summed E-state index contributed by atoms with van der Waals surface area (Å²) in [4.78, 5) is 84.2. The van der Waals surface area contributed by atoms with Gasteiger partial charge in [-0.25, -0.2) is 4.98 Å². The highest BCUT2D eigenvalue weighted by atomic mass is 35.5. The number of halogens is 2. The van der Waals surface area contributed by atoms with Gasteiger partial charge in [0.1, 0.15) is 29.4 Å². The first-order valence-electron chi connectivity index (χ1n) is 23.9. The summed E-state index contributed by atoms with van der Waals surface area (Å²) >= 11 is 12.8. The van der Waals surface area contributed by atoms with Crippen LogP contribution in [0.5, 0.6) is 11.5 Å². The normalized spacial score (nSPS) is 20.5. The summed E-state index contributed by atoms with van der Waals surface area (Å²) in [5, 5.41) is 6.87. The maximum atomic E-state index is 15.1. The van der Waals surface area contributed by atoms with E-state index in [0.717, 1.165) is 28.2 Å². The molecular formula is C54H64Cl2N8O7. The zero-order chi connectivity index (χ0) is 51.0. The number of amides is 5. The number of carbonyl (C=O) groups excluding carboxylic acids is 5. The number of carbonyl (C=O) groups is 5. The zero-order valence-electron chi connectivity index (χ0n) is 41.5. The topological polar surface area (TPSA) is 159 Å². The molecule has 4 aromatic carbocycles. The standard InChI is InChI=1S/C54H64Cl2N8O7/c1-35-51(67)59-45(33-70-7)53(69)61(4)43(26-37-13-18-41(55)19-14-37)29-49(65)58-34-54(23-24-54)63(6)52(68)40(25-36-11-9-8-10-12-36)27-50(66)64(35)31-39-15-20-42(56)28-47(39)71-44-21-16-38(17-22-44)46-30-57-48(62(46)5)32-60(2)3/h8-22,28,30,35,40,43,45H,23-27,29,31-34H2,1-7H3,(H,58,65)(H,59,67)/t35-,40+,43-,45-/m0/s1. The molecule has 15 nitrogen and oxygen atoms in total. The van der Waals surface area contributed by atoms with Gasteiger partial charge in [-0.1, -0.05) is 71.7 Å². The number of hydrogen-bond donors (Lipinski definition) is 2. The molecule has 17 heteroatoms. The fourth-order valence-electron chi connectivity index (χ4n) is 9.09. The van der Waals surface area contributed by atoms with Crippen LogP contribution in [0, 0.1) is 5.92 Å². The predicted octanol–water partition coefficient (Wildman–Crippen LogP) is 6.93. The van der Waals surface area contributed by atoms with Crippen LogP contribution in [0.1, 0.15) is 55.1 Å². The maximum Gasteiger partial charge on any atom is 0.247 e. The van der Waals surface area contributed by atoms with E-state index in [2.05, 4.69) is 25.1 Å². The van der Waals surface area contributed by atoms with Crippen LogP contribution in [0.25, 0.3) is 11.3 Å². The molecule has 2 N–H and O–H groups in total. The van der Waals surface area contributed by atoms with Gasteiger partial charge in [-0.15, -0.1) is 0 Å². The molecule has 0 unspecified atom stereocenters.